The summed E-state index contributed by atoms with van der Waals surface area (Å²) in [7, 11) is 0. The van der Waals surface area contributed by atoms with Crippen LogP contribution in [-0.2, 0) is 10.2 Å². The molecule has 1 aromatic carbocycles. The molecule has 2 aliphatic carbocycles. The number of rotatable bonds is 4. The summed E-state index contributed by atoms with van der Waals surface area (Å²) in [5.41, 5.74) is 3.08. The molecule has 0 atom stereocenters. The highest BCUT2D eigenvalue weighted by atomic mass is 16.4. The molecule has 0 saturated heterocycles. The number of hydrogen-bond donors (Lipinski definition) is 2. The lowest BCUT2D eigenvalue weighted by Crippen LogP contribution is -2.12. The van der Waals surface area contributed by atoms with Crippen molar-refractivity contribution in [2.45, 2.75) is 43.4 Å². The molecule has 98 valence electrons. The summed E-state index contributed by atoms with van der Waals surface area (Å²) in [5, 5.41) is 9.03. The standard InChI is InChI=1S/C15H16N2O2/c18-13(19)8-15(5-6-15)10-3-4-11-12(7-10)17-14(16-11)9-1-2-9/h3-4,7,9H,1-2,5-6,8H2,(H,16,17)(H,18,19). The van der Waals surface area contributed by atoms with Gasteiger partial charge < -0.3 is 10.1 Å². The van der Waals surface area contributed by atoms with E-state index in [1.54, 1.807) is 0 Å². The number of nitrogens with zero attached hydrogens (tertiary/aromatic N) is 1. The molecular formula is C15H16N2O2. The number of imidazole rings is 1. The SMILES string of the molecule is O=C(O)CC1(c2ccc3nc(C4CC4)[nH]c3c2)CC1. The minimum atomic E-state index is -0.708. The van der Waals surface area contributed by atoms with Gasteiger partial charge >= 0.3 is 5.97 Å². The van der Waals surface area contributed by atoms with Crippen LogP contribution in [0.3, 0.4) is 0 Å². The monoisotopic (exact) mass is 256 g/mol. The predicted molar refractivity (Wildman–Crippen MR) is 71.2 cm³/mol. The maximum Gasteiger partial charge on any atom is 0.304 e. The molecule has 0 bridgehead atoms. The highest BCUT2D eigenvalue weighted by Gasteiger charge is 2.46. The molecule has 4 rings (SSSR count). The second kappa shape index (κ2) is 3.59. The van der Waals surface area contributed by atoms with Gasteiger partial charge in [0.25, 0.3) is 0 Å². The molecule has 0 spiro atoms. The average molecular weight is 256 g/mol. The van der Waals surface area contributed by atoms with Crippen molar-refractivity contribution < 1.29 is 9.90 Å². The summed E-state index contributed by atoms with van der Waals surface area (Å²) in [6.07, 6.45) is 4.66. The fraction of sp³-hybridized carbons (Fsp3) is 0.467. The van der Waals surface area contributed by atoms with Crippen LogP contribution in [0, 0.1) is 0 Å². The fourth-order valence-electron chi connectivity index (χ4n) is 2.92. The Bertz CT molecular complexity index is 666. The number of carboxylic acids is 1. The van der Waals surface area contributed by atoms with Crippen molar-refractivity contribution in [3.05, 3.63) is 29.6 Å². The summed E-state index contributed by atoms with van der Waals surface area (Å²) in [6, 6.07) is 6.18. The second-order valence-electron chi connectivity index (χ2n) is 5.98. The molecule has 2 N–H and O–H groups in total. The number of nitrogens with one attached hydrogen (secondary N) is 1. The van der Waals surface area contributed by atoms with E-state index in [2.05, 4.69) is 22.1 Å². The zero-order chi connectivity index (χ0) is 13.0. The Morgan fingerprint density at radius 2 is 2.21 bits per heavy atom. The van der Waals surface area contributed by atoms with Gasteiger partial charge in [0.05, 0.1) is 17.5 Å². The van der Waals surface area contributed by atoms with Gasteiger partial charge in [0.2, 0.25) is 0 Å². The Morgan fingerprint density at radius 3 is 2.84 bits per heavy atom. The Balaban J connectivity index is 1.73. The van der Waals surface area contributed by atoms with Crippen LogP contribution in [0.2, 0.25) is 0 Å². The topological polar surface area (TPSA) is 66.0 Å². The maximum atomic E-state index is 11.0. The molecule has 2 saturated carbocycles. The van der Waals surface area contributed by atoms with Crippen molar-refractivity contribution >= 4 is 17.0 Å². The average Bonchev–Trinajstić information content (AvgIpc) is 3.28. The predicted octanol–water partition coefficient (Wildman–Crippen LogP) is 2.95. The van der Waals surface area contributed by atoms with Crippen molar-refractivity contribution in [2.24, 2.45) is 0 Å². The van der Waals surface area contributed by atoms with Crippen molar-refractivity contribution in [1.29, 1.82) is 0 Å². The van der Waals surface area contributed by atoms with E-state index in [4.69, 9.17) is 5.11 Å². The van der Waals surface area contributed by atoms with Crippen LogP contribution in [0.15, 0.2) is 18.2 Å². The summed E-state index contributed by atoms with van der Waals surface area (Å²) in [5.74, 6) is 1.00. The highest BCUT2D eigenvalue weighted by molar-refractivity contribution is 5.77. The molecule has 2 fully saturated rings. The molecule has 0 amide bonds. The lowest BCUT2D eigenvalue weighted by atomic mass is 9.92. The third kappa shape index (κ3) is 1.82. The Hall–Kier alpha value is -1.84. The number of hydrogen-bond acceptors (Lipinski definition) is 2. The molecule has 0 radical (unpaired) electrons. The van der Waals surface area contributed by atoms with Gasteiger partial charge in [-0.2, -0.15) is 0 Å². The van der Waals surface area contributed by atoms with Gasteiger partial charge in [-0.15, -0.1) is 0 Å². The molecule has 0 aliphatic heterocycles. The van der Waals surface area contributed by atoms with Gasteiger partial charge in [0.15, 0.2) is 0 Å². The summed E-state index contributed by atoms with van der Waals surface area (Å²) in [4.78, 5) is 19.0. The zero-order valence-corrected chi connectivity index (χ0v) is 10.6. The van der Waals surface area contributed by atoms with Gasteiger partial charge in [-0.25, -0.2) is 4.98 Å². The quantitative estimate of drug-likeness (QED) is 0.883. The Kier molecular flexibility index (Phi) is 2.08. The van der Waals surface area contributed by atoms with E-state index in [9.17, 15) is 4.79 Å². The van der Waals surface area contributed by atoms with Crippen molar-refractivity contribution in [1.82, 2.24) is 9.97 Å². The van der Waals surface area contributed by atoms with Gasteiger partial charge in [-0.3, -0.25) is 4.79 Å². The van der Waals surface area contributed by atoms with Crippen molar-refractivity contribution in [2.75, 3.05) is 0 Å². The first-order valence-electron chi connectivity index (χ1n) is 6.88. The smallest absolute Gasteiger partial charge is 0.304 e. The molecular weight excluding hydrogens is 240 g/mol. The normalized spacial score (nSPS) is 20.6. The third-order valence-corrected chi connectivity index (χ3v) is 4.42. The first-order chi connectivity index (χ1) is 9.16. The van der Waals surface area contributed by atoms with Crippen LogP contribution in [0.4, 0.5) is 0 Å². The second-order valence-corrected chi connectivity index (χ2v) is 5.98. The molecule has 1 aromatic heterocycles. The molecule has 4 heteroatoms. The van der Waals surface area contributed by atoms with Crippen LogP contribution < -0.4 is 0 Å². The molecule has 1 heterocycles. The molecule has 2 aromatic rings. The number of carbonyl (C=O) groups is 1. The highest BCUT2D eigenvalue weighted by Crippen LogP contribution is 2.51. The van der Waals surface area contributed by atoms with E-state index in [0.717, 1.165) is 35.3 Å². The van der Waals surface area contributed by atoms with Gasteiger partial charge in [0, 0.05) is 11.3 Å². The van der Waals surface area contributed by atoms with E-state index >= 15 is 0 Å². The van der Waals surface area contributed by atoms with E-state index in [1.165, 1.54) is 12.8 Å². The summed E-state index contributed by atoms with van der Waals surface area (Å²) in [6.45, 7) is 0. The van der Waals surface area contributed by atoms with Crippen LogP contribution >= 0.6 is 0 Å². The number of carboxylic acid groups (broad SMARTS) is 1. The van der Waals surface area contributed by atoms with E-state index in [0.29, 0.717) is 5.92 Å². The van der Waals surface area contributed by atoms with Crippen LogP contribution in [0.5, 0.6) is 0 Å². The number of aliphatic carboxylic acids is 1. The summed E-state index contributed by atoms with van der Waals surface area (Å²) >= 11 is 0. The maximum absolute atomic E-state index is 11.0. The van der Waals surface area contributed by atoms with Gasteiger partial charge in [0.1, 0.15) is 5.82 Å². The Labute approximate surface area is 110 Å². The third-order valence-electron chi connectivity index (χ3n) is 4.42. The van der Waals surface area contributed by atoms with E-state index < -0.39 is 5.97 Å². The minimum absolute atomic E-state index is 0.120. The number of H-pyrrole nitrogens is 1. The number of fused-ring (bicyclic) bond motifs is 1. The van der Waals surface area contributed by atoms with E-state index in [-0.39, 0.29) is 11.8 Å². The van der Waals surface area contributed by atoms with E-state index in [1.807, 2.05) is 6.07 Å². The molecule has 4 nitrogen and oxygen atoms in total. The molecule has 2 aliphatic rings. The van der Waals surface area contributed by atoms with Crippen LogP contribution in [0.25, 0.3) is 11.0 Å². The number of aromatic amines is 1. The lowest BCUT2D eigenvalue weighted by Gasteiger charge is -2.12. The first-order valence-corrected chi connectivity index (χ1v) is 6.88. The van der Waals surface area contributed by atoms with Gasteiger partial charge in [-0.1, -0.05) is 6.07 Å². The van der Waals surface area contributed by atoms with Crippen LogP contribution in [0.1, 0.15) is 49.4 Å². The minimum Gasteiger partial charge on any atom is -0.481 e. The lowest BCUT2D eigenvalue weighted by molar-refractivity contribution is -0.137. The molecule has 0 unspecified atom stereocenters. The Morgan fingerprint density at radius 1 is 1.42 bits per heavy atom. The van der Waals surface area contributed by atoms with Gasteiger partial charge in [-0.05, 0) is 43.4 Å². The number of aromatic nitrogens is 2. The van der Waals surface area contributed by atoms with Crippen molar-refractivity contribution in [3.8, 4) is 0 Å². The summed E-state index contributed by atoms with van der Waals surface area (Å²) < 4.78 is 0. The van der Waals surface area contributed by atoms with Crippen LogP contribution in [-0.4, -0.2) is 21.0 Å². The fourth-order valence-corrected chi connectivity index (χ4v) is 2.92. The largest absolute Gasteiger partial charge is 0.481 e. The molecule has 19 heavy (non-hydrogen) atoms. The van der Waals surface area contributed by atoms with Crippen molar-refractivity contribution in [3.63, 3.8) is 0 Å². The zero-order valence-electron chi connectivity index (χ0n) is 10.6. The first kappa shape index (κ1) is 11.0. The number of benzene rings is 1.